The summed E-state index contributed by atoms with van der Waals surface area (Å²) in [5, 5.41) is 12.7. The molecular formula is C15H14Cl2N2O2. The van der Waals surface area contributed by atoms with Crippen LogP contribution in [0.25, 0.3) is 0 Å². The van der Waals surface area contributed by atoms with Gasteiger partial charge in [-0.3, -0.25) is 0 Å². The highest BCUT2D eigenvalue weighted by atomic mass is 35.5. The van der Waals surface area contributed by atoms with Crippen molar-refractivity contribution in [1.29, 1.82) is 0 Å². The second kappa shape index (κ2) is 6.24. The maximum Gasteiger partial charge on any atom is 0.170 e. The number of nitrogens with two attached hydrogens (primary N) is 1. The lowest BCUT2D eigenvalue weighted by atomic mass is 10.1. The van der Waals surface area contributed by atoms with Crippen LogP contribution in [0.5, 0.6) is 11.5 Å². The minimum absolute atomic E-state index is 0.0124. The standard InChI is InChI=1S/C15H14Cl2N2O2/c1-8-5-11(6-9(2)14(8)17)21-13-4-3-10(7-12(13)16)15(18)19-20/h3-7,20H,1-2H3,(H2,18,19). The number of rotatable bonds is 3. The summed E-state index contributed by atoms with van der Waals surface area (Å²) in [6.07, 6.45) is 0. The summed E-state index contributed by atoms with van der Waals surface area (Å²) in [6, 6.07) is 8.56. The van der Waals surface area contributed by atoms with Crippen LogP contribution in [-0.2, 0) is 0 Å². The molecule has 0 aliphatic heterocycles. The van der Waals surface area contributed by atoms with Crippen molar-refractivity contribution in [2.24, 2.45) is 10.9 Å². The molecule has 2 aromatic rings. The van der Waals surface area contributed by atoms with Gasteiger partial charge in [0.2, 0.25) is 0 Å². The van der Waals surface area contributed by atoms with E-state index in [1.807, 2.05) is 26.0 Å². The van der Waals surface area contributed by atoms with Crippen LogP contribution in [0.1, 0.15) is 16.7 Å². The third kappa shape index (κ3) is 3.40. The number of amidine groups is 1. The van der Waals surface area contributed by atoms with Gasteiger partial charge in [-0.05, 0) is 55.3 Å². The van der Waals surface area contributed by atoms with Crippen molar-refractivity contribution in [1.82, 2.24) is 0 Å². The van der Waals surface area contributed by atoms with Crippen molar-refractivity contribution >= 4 is 29.0 Å². The summed E-state index contributed by atoms with van der Waals surface area (Å²) in [5.74, 6) is 1.11. The summed E-state index contributed by atoms with van der Waals surface area (Å²) < 4.78 is 5.76. The first-order valence-corrected chi connectivity index (χ1v) is 6.90. The number of hydrogen-bond donors (Lipinski definition) is 2. The van der Waals surface area contributed by atoms with E-state index in [9.17, 15) is 0 Å². The van der Waals surface area contributed by atoms with Gasteiger partial charge in [0.15, 0.2) is 5.84 Å². The number of aryl methyl sites for hydroxylation is 2. The molecule has 110 valence electrons. The zero-order chi connectivity index (χ0) is 15.6. The Bertz CT molecular complexity index is 692. The van der Waals surface area contributed by atoms with Gasteiger partial charge >= 0.3 is 0 Å². The predicted octanol–water partition coefficient (Wildman–Crippen LogP) is 4.50. The molecule has 21 heavy (non-hydrogen) atoms. The molecule has 0 spiro atoms. The average molecular weight is 325 g/mol. The fourth-order valence-corrected chi connectivity index (χ4v) is 2.22. The molecule has 0 heterocycles. The molecule has 0 aliphatic carbocycles. The SMILES string of the molecule is Cc1cc(Oc2ccc(C(N)=NO)cc2Cl)cc(C)c1Cl. The van der Waals surface area contributed by atoms with Crippen molar-refractivity contribution < 1.29 is 9.94 Å². The lowest BCUT2D eigenvalue weighted by Crippen LogP contribution is -2.12. The fourth-order valence-electron chi connectivity index (χ4n) is 1.89. The Morgan fingerprint density at radius 2 is 1.76 bits per heavy atom. The highest BCUT2D eigenvalue weighted by Gasteiger charge is 2.09. The highest BCUT2D eigenvalue weighted by molar-refractivity contribution is 6.32. The van der Waals surface area contributed by atoms with Crippen LogP contribution in [0.3, 0.4) is 0 Å². The first-order chi connectivity index (χ1) is 9.92. The molecule has 0 radical (unpaired) electrons. The van der Waals surface area contributed by atoms with Crippen LogP contribution in [0.15, 0.2) is 35.5 Å². The quantitative estimate of drug-likeness (QED) is 0.378. The van der Waals surface area contributed by atoms with Crippen LogP contribution < -0.4 is 10.5 Å². The monoisotopic (exact) mass is 324 g/mol. The van der Waals surface area contributed by atoms with Crippen LogP contribution in [0.2, 0.25) is 10.0 Å². The van der Waals surface area contributed by atoms with Crippen LogP contribution in [0, 0.1) is 13.8 Å². The number of benzene rings is 2. The highest BCUT2D eigenvalue weighted by Crippen LogP contribution is 2.33. The van der Waals surface area contributed by atoms with Crippen molar-refractivity contribution in [2.75, 3.05) is 0 Å². The third-order valence-electron chi connectivity index (χ3n) is 2.97. The van der Waals surface area contributed by atoms with Gasteiger partial charge in [-0.15, -0.1) is 0 Å². The zero-order valence-corrected chi connectivity index (χ0v) is 13.0. The van der Waals surface area contributed by atoms with Gasteiger partial charge < -0.3 is 15.7 Å². The first kappa shape index (κ1) is 15.5. The van der Waals surface area contributed by atoms with E-state index in [-0.39, 0.29) is 5.84 Å². The van der Waals surface area contributed by atoms with Gasteiger partial charge in [0.25, 0.3) is 0 Å². The zero-order valence-electron chi connectivity index (χ0n) is 11.5. The van der Waals surface area contributed by atoms with E-state index in [0.717, 1.165) is 16.1 Å². The summed E-state index contributed by atoms with van der Waals surface area (Å²) in [5.41, 5.74) is 7.87. The molecule has 0 aliphatic rings. The molecule has 2 rings (SSSR count). The minimum atomic E-state index is -0.0124. The summed E-state index contributed by atoms with van der Waals surface area (Å²) in [6.45, 7) is 3.82. The van der Waals surface area contributed by atoms with Gasteiger partial charge in [0.1, 0.15) is 11.5 Å². The van der Waals surface area contributed by atoms with Crippen LogP contribution in [0.4, 0.5) is 0 Å². The number of ether oxygens (including phenoxy) is 1. The Hall–Kier alpha value is -1.91. The van der Waals surface area contributed by atoms with E-state index in [1.54, 1.807) is 18.2 Å². The molecule has 4 nitrogen and oxygen atoms in total. The van der Waals surface area contributed by atoms with E-state index in [1.165, 1.54) is 0 Å². The first-order valence-electron chi connectivity index (χ1n) is 6.14. The van der Waals surface area contributed by atoms with Crippen molar-refractivity contribution in [3.05, 3.63) is 57.1 Å². The number of halogens is 2. The topological polar surface area (TPSA) is 67.8 Å². The Kier molecular flexibility index (Phi) is 4.60. The van der Waals surface area contributed by atoms with Gasteiger partial charge in [-0.1, -0.05) is 28.4 Å². The van der Waals surface area contributed by atoms with E-state index >= 15 is 0 Å². The summed E-state index contributed by atoms with van der Waals surface area (Å²) in [4.78, 5) is 0. The molecular weight excluding hydrogens is 311 g/mol. The molecule has 0 fully saturated rings. The van der Waals surface area contributed by atoms with E-state index in [2.05, 4.69) is 5.16 Å². The van der Waals surface area contributed by atoms with E-state index in [0.29, 0.717) is 22.1 Å². The van der Waals surface area contributed by atoms with Gasteiger partial charge in [0.05, 0.1) is 5.02 Å². The molecule has 0 aromatic heterocycles. The van der Waals surface area contributed by atoms with Crippen LogP contribution >= 0.6 is 23.2 Å². The van der Waals surface area contributed by atoms with Crippen molar-refractivity contribution in [3.63, 3.8) is 0 Å². The van der Waals surface area contributed by atoms with Gasteiger partial charge in [-0.25, -0.2) is 0 Å². The Balaban J connectivity index is 2.32. The van der Waals surface area contributed by atoms with Gasteiger partial charge in [0, 0.05) is 10.6 Å². The lowest BCUT2D eigenvalue weighted by molar-refractivity contribution is 0.318. The van der Waals surface area contributed by atoms with Gasteiger partial charge in [-0.2, -0.15) is 0 Å². The predicted molar refractivity (Wildman–Crippen MR) is 85.0 cm³/mol. The molecule has 2 aromatic carbocycles. The Morgan fingerprint density at radius 1 is 1.14 bits per heavy atom. The fraction of sp³-hybridized carbons (Fsp3) is 0.133. The van der Waals surface area contributed by atoms with Crippen molar-refractivity contribution in [3.8, 4) is 11.5 Å². The number of hydrogen-bond acceptors (Lipinski definition) is 3. The third-order valence-corrected chi connectivity index (χ3v) is 3.86. The normalized spacial score (nSPS) is 11.5. The maximum atomic E-state index is 8.65. The number of oxime groups is 1. The molecule has 0 atom stereocenters. The molecule has 3 N–H and O–H groups in total. The molecule has 0 unspecified atom stereocenters. The molecule has 0 saturated carbocycles. The second-order valence-electron chi connectivity index (χ2n) is 4.60. The molecule has 0 saturated heterocycles. The summed E-state index contributed by atoms with van der Waals surface area (Å²) >= 11 is 12.3. The number of nitrogens with zero attached hydrogens (tertiary/aromatic N) is 1. The smallest absolute Gasteiger partial charge is 0.170 e. The van der Waals surface area contributed by atoms with Crippen LogP contribution in [-0.4, -0.2) is 11.0 Å². The van der Waals surface area contributed by atoms with E-state index < -0.39 is 0 Å². The summed E-state index contributed by atoms with van der Waals surface area (Å²) in [7, 11) is 0. The maximum absolute atomic E-state index is 8.65. The Labute approximate surface area is 132 Å². The van der Waals surface area contributed by atoms with E-state index in [4.69, 9.17) is 38.9 Å². The minimum Gasteiger partial charge on any atom is -0.456 e. The average Bonchev–Trinajstić information content (AvgIpc) is 2.46. The Morgan fingerprint density at radius 3 is 2.29 bits per heavy atom. The largest absolute Gasteiger partial charge is 0.456 e. The molecule has 0 bridgehead atoms. The molecule has 6 heteroatoms. The molecule has 0 amide bonds. The lowest BCUT2D eigenvalue weighted by Gasteiger charge is -2.11. The second-order valence-corrected chi connectivity index (χ2v) is 5.39. The van der Waals surface area contributed by atoms with Crippen molar-refractivity contribution in [2.45, 2.75) is 13.8 Å².